The molecule has 0 spiro atoms. The first-order valence-electron chi connectivity index (χ1n) is 9.34. The third kappa shape index (κ3) is 5.85. The van der Waals surface area contributed by atoms with Crippen LogP contribution in [0.15, 0.2) is 60.0 Å². The molecule has 31 heavy (non-hydrogen) atoms. The molecule has 3 rings (SSSR count). The lowest BCUT2D eigenvalue weighted by atomic mass is 10.1. The zero-order chi connectivity index (χ0) is 22.4. The molecule has 0 aliphatic heterocycles. The molecule has 0 aliphatic carbocycles. The monoisotopic (exact) mass is 448 g/mol. The number of hydrogen-bond acceptors (Lipinski definition) is 4. The lowest BCUT2D eigenvalue weighted by molar-refractivity contribution is -0.137. The summed E-state index contributed by atoms with van der Waals surface area (Å²) in [7, 11) is 0. The van der Waals surface area contributed by atoms with E-state index in [0.29, 0.717) is 4.88 Å². The Hall–Kier alpha value is -3.33. The van der Waals surface area contributed by atoms with Crippen LogP contribution in [0.2, 0.25) is 0 Å². The van der Waals surface area contributed by atoms with Crippen LogP contribution < -0.4 is 15.4 Å². The van der Waals surface area contributed by atoms with Crippen molar-refractivity contribution in [3.63, 3.8) is 0 Å². The van der Waals surface area contributed by atoms with Crippen molar-refractivity contribution in [1.29, 1.82) is 0 Å². The van der Waals surface area contributed by atoms with Crippen molar-refractivity contribution in [3.8, 4) is 5.75 Å². The summed E-state index contributed by atoms with van der Waals surface area (Å²) in [5.74, 6) is -0.615. The number of thiophene rings is 1. The minimum atomic E-state index is -4.54. The highest BCUT2D eigenvalue weighted by Crippen LogP contribution is 2.35. The van der Waals surface area contributed by atoms with Crippen molar-refractivity contribution < 1.29 is 27.5 Å². The second-order valence-corrected chi connectivity index (χ2v) is 7.40. The predicted molar refractivity (Wildman–Crippen MR) is 112 cm³/mol. The minimum Gasteiger partial charge on any atom is -0.492 e. The van der Waals surface area contributed by atoms with E-state index in [-0.39, 0.29) is 36.1 Å². The number of ether oxygens (including phenoxy) is 1. The van der Waals surface area contributed by atoms with Crippen LogP contribution >= 0.6 is 11.3 Å². The summed E-state index contributed by atoms with van der Waals surface area (Å²) in [4.78, 5) is 25.1. The van der Waals surface area contributed by atoms with Gasteiger partial charge < -0.3 is 15.4 Å². The molecule has 2 aromatic carbocycles. The van der Waals surface area contributed by atoms with Gasteiger partial charge in [-0.1, -0.05) is 18.2 Å². The van der Waals surface area contributed by atoms with E-state index < -0.39 is 17.6 Å². The molecule has 0 saturated heterocycles. The van der Waals surface area contributed by atoms with Crippen LogP contribution in [0.4, 0.5) is 18.9 Å². The fourth-order valence-electron chi connectivity index (χ4n) is 2.73. The van der Waals surface area contributed by atoms with Crippen LogP contribution in [0, 0.1) is 0 Å². The summed E-state index contributed by atoms with van der Waals surface area (Å²) in [5.41, 5.74) is 0.0840. The Morgan fingerprint density at radius 2 is 1.77 bits per heavy atom. The smallest absolute Gasteiger partial charge is 0.416 e. The number of halogens is 3. The number of hydrogen-bond donors (Lipinski definition) is 2. The van der Waals surface area contributed by atoms with Crippen LogP contribution in [0.1, 0.15) is 38.1 Å². The van der Waals surface area contributed by atoms with Gasteiger partial charge in [-0.3, -0.25) is 9.59 Å². The molecular formula is C22H19F3N2O3S. The second kappa shape index (κ2) is 9.65. The number of benzene rings is 2. The van der Waals surface area contributed by atoms with Gasteiger partial charge in [-0.2, -0.15) is 13.2 Å². The third-order valence-corrected chi connectivity index (χ3v) is 5.14. The van der Waals surface area contributed by atoms with Gasteiger partial charge in [0, 0.05) is 12.1 Å². The molecule has 0 atom stereocenters. The average molecular weight is 448 g/mol. The molecule has 2 N–H and O–H groups in total. The van der Waals surface area contributed by atoms with Crippen molar-refractivity contribution in [2.45, 2.75) is 19.6 Å². The summed E-state index contributed by atoms with van der Waals surface area (Å²) in [5, 5.41) is 7.07. The van der Waals surface area contributed by atoms with Gasteiger partial charge in [-0.15, -0.1) is 11.3 Å². The van der Waals surface area contributed by atoms with Crippen molar-refractivity contribution in [2.24, 2.45) is 0 Å². The van der Waals surface area contributed by atoms with Gasteiger partial charge in [0.25, 0.3) is 11.8 Å². The van der Waals surface area contributed by atoms with E-state index in [2.05, 4.69) is 10.6 Å². The maximum Gasteiger partial charge on any atom is 0.416 e. The number of carbonyl (C=O) groups is 2. The topological polar surface area (TPSA) is 67.4 Å². The van der Waals surface area contributed by atoms with E-state index in [1.165, 1.54) is 29.5 Å². The van der Waals surface area contributed by atoms with Crippen molar-refractivity contribution in [1.82, 2.24) is 5.32 Å². The van der Waals surface area contributed by atoms with Crippen LogP contribution in [0.5, 0.6) is 5.75 Å². The number of anilines is 1. The Morgan fingerprint density at radius 1 is 1.03 bits per heavy atom. The third-order valence-electron chi connectivity index (χ3n) is 4.27. The lowest BCUT2D eigenvalue weighted by Crippen LogP contribution is -2.21. The van der Waals surface area contributed by atoms with Crippen molar-refractivity contribution in [2.75, 3.05) is 11.9 Å². The Bertz CT molecular complexity index is 1050. The lowest BCUT2D eigenvalue weighted by Gasteiger charge is -2.15. The van der Waals surface area contributed by atoms with Gasteiger partial charge in [-0.25, -0.2) is 0 Å². The zero-order valence-corrected chi connectivity index (χ0v) is 17.3. The van der Waals surface area contributed by atoms with E-state index in [1.54, 1.807) is 31.2 Å². The Balaban J connectivity index is 1.68. The number of nitrogens with one attached hydrogen (secondary N) is 2. The fraction of sp³-hybridized carbons (Fsp3) is 0.182. The van der Waals surface area contributed by atoms with Crippen LogP contribution in [-0.2, 0) is 12.7 Å². The standard InChI is InChI=1S/C22H19F3N2O3S/c1-2-30-18-10-9-16(22(23,24)25)12-17(18)27-20(28)15-7-5-14(6-8-15)13-26-21(29)19-4-3-11-31-19/h3-12H,2,13H2,1H3,(H,26,29)(H,27,28). The quantitative estimate of drug-likeness (QED) is 0.512. The van der Waals surface area contributed by atoms with E-state index in [9.17, 15) is 22.8 Å². The maximum absolute atomic E-state index is 13.0. The van der Waals surface area contributed by atoms with E-state index in [0.717, 1.165) is 17.7 Å². The highest BCUT2D eigenvalue weighted by Gasteiger charge is 2.31. The number of amides is 2. The molecule has 0 saturated carbocycles. The summed E-state index contributed by atoms with van der Waals surface area (Å²) < 4.78 is 44.4. The van der Waals surface area contributed by atoms with Crippen LogP contribution in [0.25, 0.3) is 0 Å². The molecule has 1 heterocycles. The first-order valence-corrected chi connectivity index (χ1v) is 10.2. The number of alkyl halides is 3. The van der Waals surface area contributed by atoms with Crippen LogP contribution in [0.3, 0.4) is 0 Å². The molecule has 5 nitrogen and oxygen atoms in total. The Morgan fingerprint density at radius 3 is 2.39 bits per heavy atom. The molecule has 2 amide bonds. The number of rotatable bonds is 7. The molecule has 0 bridgehead atoms. The molecule has 9 heteroatoms. The largest absolute Gasteiger partial charge is 0.492 e. The predicted octanol–water partition coefficient (Wildman–Crippen LogP) is 5.35. The Labute approximate surface area is 180 Å². The van der Waals surface area contributed by atoms with Gasteiger partial charge in [0.2, 0.25) is 0 Å². The molecule has 162 valence electrons. The highest BCUT2D eigenvalue weighted by molar-refractivity contribution is 7.12. The van der Waals surface area contributed by atoms with Gasteiger partial charge in [0.05, 0.1) is 22.7 Å². The normalized spacial score (nSPS) is 11.1. The van der Waals surface area contributed by atoms with Gasteiger partial charge >= 0.3 is 6.18 Å². The first-order chi connectivity index (χ1) is 14.8. The summed E-state index contributed by atoms with van der Waals surface area (Å²) in [6, 6.07) is 12.8. The maximum atomic E-state index is 13.0. The zero-order valence-electron chi connectivity index (χ0n) is 16.5. The minimum absolute atomic E-state index is 0.0611. The first kappa shape index (κ1) is 22.4. The van der Waals surface area contributed by atoms with E-state index >= 15 is 0 Å². The van der Waals surface area contributed by atoms with Gasteiger partial charge in [0.15, 0.2) is 0 Å². The van der Waals surface area contributed by atoms with Crippen molar-refractivity contribution >= 4 is 28.8 Å². The summed E-state index contributed by atoms with van der Waals surface area (Å²) in [6.45, 7) is 2.21. The molecule has 3 aromatic rings. The van der Waals surface area contributed by atoms with Crippen LogP contribution in [-0.4, -0.2) is 18.4 Å². The van der Waals surface area contributed by atoms with Crippen molar-refractivity contribution in [3.05, 3.63) is 81.5 Å². The average Bonchev–Trinajstić information content (AvgIpc) is 3.28. The molecule has 0 radical (unpaired) electrons. The molecular weight excluding hydrogens is 429 g/mol. The van der Waals surface area contributed by atoms with Gasteiger partial charge in [0.1, 0.15) is 5.75 Å². The molecule has 0 fully saturated rings. The highest BCUT2D eigenvalue weighted by atomic mass is 32.1. The van der Waals surface area contributed by atoms with E-state index in [1.807, 2.05) is 5.38 Å². The second-order valence-electron chi connectivity index (χ2n) is 6.45. The molecule has 0 unspecified atom stereocenters. The fourth-order valence-corrected chi connectivity index (χ4v) is 3.37. The molecule has 1 aromatic heterocycles. The molecule has 0 aliphatic rings. The van der Waals surface area contributed by atoms with Gasteiger partial charge in [-0.05, 0) is 54.3 Å². The summed E-state index contributed by atoms with van der Waals surface area (Å²) in [6.07, 6.45) is -4.54. The van der Waals surface area contributed by atoms with E-state index in [4.69, 9.17) is 4.74 Å². The number of carbonyl (C=O) groups excluding carboxylic acids is 2. The Kier molecular flexibility index (Phi) is 6.96. The summed E-state index contributed by atoms with van der Waals surface area (Å²) >= 11 is 1.33. The SMILES string of the molecule is CCOc1ccc(C(F)(F)F)cc1NC(=O)c1ccc(CNC(=O)c2cccs2)cc1.